The molecule has 1 fully saturated rings. The van der Waals surface area contributed by atoms with Gasteiger partial charge in [0.1, 0.15) is 17.0 Å². The van der Waals surface area contributed by atoms with E-state index in [9.17, 15) is 9.35 Å². The first-order valence-electron chi connectivity index (χ1n) is 15.6. The minimum atomic E-state index is -1.49. The third-order valence-electron chi connectivity index (χ3n) is 8.66. The van der Waals surface area contributed by atoms with Crippen LogP contribution in [0.15, 0.2) is 130 Å². The maximum atomic E-state index is 14.3. The van der Waals surface area contributed by atoms with Gasteiger partial charge in [-0.2, -0.15) is 4.98 Å². The van der Waals surface area contributed by atoms with Gasteiger partial charge in [-0.1, -0.05) is 48.5 Å². The van der Waals surface area contributed by atoms with Gasteiger partial charge in [-0.3, -0.25) is 14.3 Å². The Balaban J connectivity index is 1.28. The molecule has 3 aromatic carbocycles. The summed E-state index contributed by atoms with van der Waals surface area (Å²) in [7, 11) is 4.02. The SMILES string of the molecule is CN1CCC(c2ccc(Nc3ncc4cc(N(C)c5ccccc5)c(=O)n(Cc5ncccc5[S+]([O-])c5ccccc5)c4n3)cc2)C1. The van der Waals surface area contributed by atoms with Crippen molar-refractivity contribution in [1.29, 1.82) is 0 Å². The quantitative estimate of drug-likeness (QED) is 0.183. The van der Waals surface area contributed by atoms with Crippen LogP contribution in [0.25, 0.3) is 11.0 Å². The van der Waals surface area contributed by atoms with Gasteiger partial charge in [-0.05, 0) is 86.1 Å². The van der Waals surface area contributed by atoms with Crippen molar-refractivity contribution in [2.75, 3.05) is 37.4 Å². The Hall–Kier alpha value is -5.03. The summed E-state index contributed by atoms with van der Waals surface area (Å²) in [6.07, 6.45) is 4.55. The van der Waals surface area contributed by atoms with Crippen LogP contribution in [0.2, 0.25) is 0 Å². The molecular formula is C37H35N7O2S. The summed E-state index contributed by atoms with van der Waals surface area (Å²) in [6, 6.07) is 32.8. The molecule has 4 heterocycles. The number of para-hydroxylation sites is 1. The van der Waals surface area contributed by atoms with Gasteiger partial charge in [-0.25, -0.2) is 4.98 Å². The number of hydrogen-bond acceptors (Lipinski definition) is 8. The Kier molecular flexibility index (Phi) is 8.71. The molecule has 0 amide bonds. The number of nitrogens with zero attached hydrogens (tertiary/aromatic N) is 6. The molecule has 0 bridgehead atoms. The highest BCUT2D eigenvalue weighted by Crippen LogP contribution is 2.29. The molecule has 1 N–H and O–H groups in total. The van der Waals surface area contributed by atoms with Crippen molar-refractivity contribution in [2.24, 2.45) is 0 Å². The van der Waals surface area contributed by atoms with E-state index in [0.717, 1.165) is 30.9 Å². The summed E-state index contributed by atoms with van der Waals surface area (Å²) in [5, 5.41) is 4.01. The Morgan fingerprint density at radius 1 is 0.957 bits per heavy atom. The highest BCUT2D eigenvalue weighted by Gasteiger charge is 2.24. The van der Waals surface area contributed by atoms with Gasteiger partial charge in [0.2, 0.25) is 5.95 Å². The third-order valence-corrected chi connectivity index (χ3v) is 10.1. The lowest BCUT2D eigenvalue weighted by molar-refractivity contribution is 0.411. The van der Waals surface area contributed by atoms with Crippen LogP contribution in [0.3, 0.4) is 0 Å². The molecule has 1 saturated heterocycles. The number of rotatable bonds is 9. The van der Waals surface area contributed by atoms with Crippen LogP contribution in [0.4, 0.5) is 23.0 Å². The number of fused-ring (bicyclic) bond motifs is 1. The third kappa shape index (κ3) is 6.48. The van der Waals surface area contributed by atoms with Crippen LogP contribution >= 0.6 is 0 Å². The van der Waals surface area contributed by atoms with Crippen LogP contribution < -0.4 is 15.8 Å². The molecule has 10 heteroatoms. The highest BCUT2D eigenvalue weighted by molar-refractivity contribution is 7.91. The van der Waals surface area contributed by atoms with E-state index in [1.807, 2.05) is 90.8 Å². The van der Waals surface area contributed by atoms with E-state index in [-0.39, 0.29) is 12.1 Å². The summed E-state index contributed by atoms with van der Waals surface area (Å²) in [5.41, 5.74) is 4.24. The molecule has 0 aliphatic carbocycles. The lowest BCUT2D eigenvalue weighted by atomic mass is 9.98. The maximum Gasteiger partial charge on any atom is 0.276 e. The van der Waals surface area contributed by atoms with E-state index in [1.165, 1.54) is 5.56 Å². The Morgan fingerprint density at radius 2 is 1.70 bits per heavy atom. The Morgan fingerprint density at radius 3 is 2.43 bits per heavy atom. The summed E-state index contributed by atoms with van der Waals surface area (Å²) in [6.45, 7) is 2.25. The monoisotopic (exact) mass is 641 g/mol. The molecule has 9 nitrogen and oxygen atoms in total. The lowest BCUT2D eigenvalue weighted by Gasteiger charge is -2.21. The molecule has 7 rings (SSSR count). The van der Waals surface area contributed by atoms with E-state index in [4.69, 9.17) is 4.98 Å². The van der Waals surface area contributed by atoms with Crippen molar-refractivity contribution < 1.29 is 4.55 Å². The zero-order valence-corrected chi connectivity index (χ0v) is 27.1. The number of aromatic nitrogens is 4. The average Bonchev–Trinajstić information content (AvgIpc) is 3.56. The second-order valence-corrected chi connectivity index (χ2v) is 13.3. The number of nitrogens with one attached hydrogen (secondary N) is 1. The van der Waals surface area contributed by atoms with Crippen LogP contribution in [0.5, 0.6) is 0 Å². The fraction of sp³-hybridized carbons (Fsp3) is 0.189. The first-order valence-corrected chi connectivity index (χ1v) is 16.8. The lowest BCUT2D eigenvalue weighted by Crippen LogP contribution is -2.29. The molecule has 236 valence electrons. The molecule has 1 aliphatic rings. The van der Waals surface area contributed by atoms with Crippen molar-refractivity contribution in [3.8, 4) is 0 Å². The topological polar surface area (TPSA) is 102 Å². The summed E-state index contributed by atoms with van der Waals surface area (Å²) in [4.78, 5) is 33.8. The maximum absolute atomic E-state index is 14.3. The van der Waals surface area contributed by atoms with Crippen molar-refractivity contribution >= 4 is 45.2 Å². The van der Waals surface area contributed by atoms with E-state index in [2.05, 4.69) is 39.4 Å². The predicted octanol–water partition coefficient (Wildman–Crippen LogP) is 6.33. The highest BCUT2D eigenvalue weighted by atomic mass is 32.2. The fourth-order valence-corrected chi connectivity index (χ4v) is 7.28. The van der Waals surface area contributed by atoms with Crippen LogP contribution in [0, 0.1) is 0 Å². The van der Waals surface area contributed by atoms with Crippen molar-refractivity contribution in [3.63, 3.8) is 0 Å². The van der Waals surface area contributed by atoms with Crippen molar-refractivity contribution in [1.82, 2.24) is 24.4 Å². The zero-order chi connectivity index (χ0) is 32.3. The standard InChI is InChI=1S/C37H35N7O2S/c1-42-21-19-27(24-42)26-15-17-29(18-16-26)40-37-39-23-28-22-33(43(2)30-10-5-3-6-11-30)36(45)44(35(28)41-37)25-32-34(14-9-20-38-32)47(46)31-12-7-4-8-13-31/h3-18,20,22-23,27H,19,21,24-25H2,1-2H3,(H,39,40,41). The van der Waals surface area contributed by atoms with Gasteiger partial charge in [0.25, 0.3) is 5.56 Å². The summed E-state index contributed by atoms with van der Waals surface area (Å²) < 4.78 is 15.3. The van der Waals surface area contributed by atoms with E-state index < -0.39 is 11.2 Å². The molecule has 0 saturated carbocycles. The minimum absolute atomic E-state index is 0.0710. The number of likely N-dealkylation sites (tertiary alicyclic amines) is 1. The van der Waals surface area contributed by atoms with Gasteiger partial charge in [0.15, 0.2) is 9.79 Å². The largest absolute Gasteiger partial charge is 0.606 e. The number of likely N-dealkylation sites (N-methyl/N-ethyl adjacent to an activating group) is 1. The molecule has 6 aromatic rings. The molecular weight excluding hydrogens is 607 g/mol. The number of anilines is 4. The molecule has 2 unspecified atom stereocenters. The van der Waals surface area contributed by atoms with Gasteiger partial charge in [0.05, 0.1) is 6.54 Å². The van der Waals surface area contributed by atoms with Gasteiger partial charge in [0, 0.05) is 53.9 Å². The Labute approximate surface area is 276 Å². The second-order valence-electron chi connectivity index (χ2n) is 11.8. The average molecular weight is 642 g/mol. The second kappa shape index (κ2) is 13.4. The number of benzene rings is 3. The molecule has 47 heavy (non-hydrogen) atoms. The van der Waals surface area contributed by atoms with E-state index in [0.29, 0.717) is 44.1 Å². The van der Waals surface area contributed by atoms with E-state index in [1.54, 1.807) is 29.1 Å². The van der Waals surface area contributed by atoms with Crippen LogP contribution in [-0.4, -0.2) is 56.2 Å². The Bertz CT molecular complexity index is 2060. The van der Waals surface area contributed by atoms with E-state index >= 15 is 0 Å². The normalized spacial score (nSPS) is 15.5. The number of pyridine rings is 2. The summed E-state index contributed by atoms with van der Waals surface area (Å²) >= 11 is -1.49. The van der Waals surface area contributed by atoms with Crippen molar-refractivity contribution in [2.45, 2.75) is 28.7 Å². The zero-order valence-electron chi connectivity index (χ0n) is 26.3. The molecule has 3 aromatic heterocycles. The van der Waals surface area contributed by atoms with Crippen LogP contribution in [-0.2, 0) is 17.7 Å². The summed E-state index contributed by atoms with van der Waals surface area (Å²) in [5.74, 6) is 0.911. The molecule has 0 spiro atoms. The smallest absolute Gasteiger partial charge is 0.276 e. The number of hydrogen-bond donors (Lipinski definition) is 1. The predicted molar refractivity (Wildman–Crippen MR) is 187 cm³/mol. The first-order chi connectivity index (χ1) is 22.9. The van der Waals surface area contributed by atoms with Crippen LogP contribution in [0.1, 0.15) is 23.6 Å². The van der Waals surface area contributed by atoms with Gasteiger partial charge < -0.3 is 19.7 Å². The van der Waals surface area contributed by atoms with Gasteiger partial charge >= 0.3 is 0 Å². The first kappa shape index (κ1) is 30.6. The minimum Gasteiger partial charge on any atom is -0.606 e. The fourth-order valence-electron chi connectivity index (χ4n) is 6.09. The van der Waals surface area contributed by atoms with Crippen molar-refractivity contribution in [3.05, 3.63) is 137 Å². The molecule has 2 atom stereocenters. The molecule has 0 radical (unpaired) electrons. The molecule has 1 aliphatic heterocycles. The van der Waals surface area contributed by atoms with Gasteiger partial charge in [-0.15, -0.1) is 0 Å².